The molecule has 0 heterocycles. The summed E-state index contributed by atoms with van der Waals surface area (Å²) in [6.07, 6.45) is 5.17. The lowest BCUT2D eigenvalue weighted by molar-refractivity contribution is -0.139. The van der Waals surface area contributed by atoms with E-state index < -0.39 is 17.7 Å². The van der Waals surface area contributed by atoms with Crippen LogP contribution in [-0.2, 0) is 9.53 Å². The van der Waals surface area contributed by atoms with Crippen LogP contribution in [0.5, 0.6) is 0 Å². The van der Waals surface area contributed by atoms with Crippen LogP contribution in [0.4, 0.5) is 4.39 Å². The number of hydrogen-bond acceptors (Lipinski definition) is 2. The van der Waals surface area contributed by atoms with Crippen molar-refractivity contribution in [3.05, 3.63) is 34.1 Å². The number of carbonyl (C=O) groups is 1. The van der Waals surface area contributed by atoms with Gasteiger partial charge in [-0.3, -0.25) is 4.79 Å². The molecule has 1 aromatic carbocycles. The van der Waals surface area contributed by atoms with Gasteiger partial charge in [0.1, 0.15) is 12.4 Å². The molecule has 0 aromatic heterocycles. The molecule has 5 heteroatoms. The Hall–Kier alpha value is -1.38. The monoisotopic (exact) mass is 314 g/mol. The van der Waals surface area contributed by atoms with Crippen molar-refractivity contribution in [2.75, 3.05) is 13.2 Å². The third kappa shape index (κ3) is 3.83. The van der Waals surface area contributed by atoms with Gasteiger partial charge in [0.2, 0.25) is 0 Å². The Bertz CT molecular complexity index is 468. The first-order valence-corrected chi connectivity index (χ1v) is 6.05. The number of carboxylic acid groups (broad SMARTS) is 1. The number of benzene rings is 1. The van der Waals surface area contributed by atoms with Gasteiger partial charge in [-0.2, -0.15) is 0 Å². The minimum absolute atomic E-state index is 0.118. The first kappa shape index (κ1) is 14.7. The van der Waals surface area contributed by atoms with Crippen molar-refractivity contribution in [2.24, 2.45) is 0 Å². The molecule has 0 aliphatic heterocycles. The third-order valence-corrected chi connectivity index (χ3v) is 3.00. The van der Waals surface area contributed by atoms with E-state index in [0.29, 0.717) is 0 Å². The second kappa shape index (κ2) is 7.14. The predicted octanol–water partition coefficient (Wildman–Crippen LogP) is 2.80. The fraction of sp³-hybridized carbons (Fsp3) is 0.308. The summed E-state index contributed by atoms with van der Waals surface area (Å²) in [5.41, 5.74) is 0.140. The van der Waals surface area contributed by atoms with Gasteiger partial charge in [0.25, 0.3) is 0 Å². The van der Waals surface area contributed by atoms with Crippen molar-refractivity contribution in [1.29, 1.82) is 0 Å². The van der Waals surface area contributed by atoms with Crippen molar-refractivity contribution in [1.82, 2.24) is 0 Å². The fourth-order valence-corrected chi connectivity index (χ4v) is 1.92. The highest BCUT2D eigenvalue weighted by Gasteiger charge is 2.23. The molecule has 1 atom stereocenters. The van der Waals surface area contributed by atoms with Crippen LogP contribution in [0, 0.1) is 18.2 Å². The molecule has 3 nitrogen and oxygen atoms in total. The van der Waals surface area contributed by atoms with E-state index in [1.165, 1.54) is 12.1 Å². The summed E-state index contributed by atoms with van der Waals surface area (Å²) >= 11 is 3.03. The lowest BCUT2D eigenvalue weighted by Crippen LogP contribution is -2.16. The summed E-state index contributed by atoms with van der Waals surface area (Å²) in [6.45, 7) is 0.292. The van der Waals surface area contributed by atoms with Gasteiger partial charge in [-0.15, -0.1) is 6.42 Å². The van der Waals surface area contributed by atoms with E-state index in [4.69, 9.17) is 16.3 Å². The van der Waals surface area contributed by atoms with E-state index in [2.05, 4.69) is 21.9 Å². The molecule has 0 spiro atoms. The number of hydrogen-bond donors (Lipinski definition) is 1. The smallest absolute Gasteiger partial charge is 0.311 e. The quantitative estimate of drug-likeness (QED) is 0.649. The number of aliphatic carboxylic acids is 1. The zero-order valence-electron chi connectivity index (χ0n) is 9.53. The molecule has 1 aromatic rings. The molecule has 0 radical (unpaired) electrons. The van der Waals surface area contributed by atoms with Crippen LogP contribution in [0.15, 0.2) is 22.7 Å². The summed E-state index contributed by atoms with van der Waals surface area (Å²) in [5, 5.41) is 9.12. The maximum Gasteiger partial charge on any atom is 0.311 e. The van der Waals surface area contributed by atoms with Gasteiger partial charge in [-0.1, -0.05) is 18.1 Å². The first-order chi connectivity index (χ1) is 8.57. The highest BCUT2D eigenvalue weighted by Crippen LogP contribution is 2.27. The van der Waals surface area contributed by atoms with Crippen LogP contribution in [0.25, 0.3) is 0 Å². The Morgan fingerprint density at radius 1 is 1.61 bits per heavy atom. The maximum atomic E-state index is 13.8. The molecule has 1 N–H and O–H groups in total. The minimum atomic E-state index is -1.09. The number of terminal acetylenes is 1. The van der Waals surface area contributed by atoms with E-state index in [1.807, 2.05) is 0 Å². The van der Waals surface area contributed by atoms with E-state index >= 15 is 0 Å². The topological polar surface area (TPSA) is 46.5 Å². The van der Waals surface area contributed by atoms with Crippen LogP contribution < -0.4 is 0 Å². The van der Waals surface area contributed by atoms with Crippen LogP contribution in [-0.4, -0.2) is 24.3 Å². The summed E-state index contributed by atoms with van der Waals surface area (Å²) in [6, 6.07) is 4.58. The molecule has 0 amide bonds. The lowest BCUT2D eigenvalue weighted by Gasteiger charge is -2.14. The van der Waals surface area contributed by atoms with Crippen molar-refractivity contribution < 1.29 is 19.0 Å². The number of rotatable bonds is 6. The Kier molecular flexibility index (Phi) is 5.83. The predicted molar refractivity (Wildman–Crippen MR) is 68.7 cm³/mol. The summed E-state index contributed by atoms with van der Waals surface area (Å²) in [7, 11) is 0. The molecule has 0 saturated carbocycles. The Labute approximate surface area is 113 Å². The van der Waals surface area contributed by atoms with E-state index in [9.17, 15) is 9.18 Å². The summed E-state index contributed by atoms with van der Waals surface area (Å²) in [4.78, 5) is 11.1. The zero-order chi connectivity index (χ0) is 13.5. The van der Waals surface area contributed by atoms with E-state index in [0.717, 1.165) is 0 Å². The minimum Gasteiger partial charge on any atom is -0.481 e. The largest absolute Gasteiger partial charge is 0.481 e. The Morgan fingerprint density at radius 3 is 2.94 bits per heavy atom. The molecular weight excluding hydrogens is 303 g/mol. The summed E-state index contributed by atoms with van der Waals surface area (Å²) < 4.78 is 19.1. The Balaban J connectivity index is 2.82. The van der Waals surface area contributed by atoms with Crippen molar-refractivity contribution in [3.8, 4) is 12.3 Å². The number of halogens is 2. The van der Waals surface area contributed by atoms with E-state index in [-0.39, 0.29) is 29.7 Å². The average Bonchev–Trinajstić information content (AvgIpc) is 2.33. The normalized spacial score (nSPS) is 11.8. The van der Waals surface area contributed by atoms with Crippen LogP contribution in [0.1, 0.15) is 17.9 Å². The molecule has 0 aliphatic rings. The van der Waals surface area contributed by atoms with E-state index in [1.54, 1.807) is 6.07 Å². The van der Waals surface area contributed by atoms with Crippen molar-refractivity contribution in [2.45, 2.75) is 12.3 Å². The lowest BCUT2D eigenvalue weighted by atomic mass is 9.96. The van der Waals surface area contributed by atoms with Gasteiger partial charge in [0, 0.05) is 12.2 Å². The average molecular weight is 315 g/mol. The second-order valence-corrected chi connectivity index (χ2v) is 4.43. The number of ether oxygens (including phenoxy) is 1. The molecule has 1 unspecified atom stereocenters. The highest BCUT2D eigenvalue weighted by atomic mass is 79.9. The molecular formula is C13H12BrFO3. The highest BCUT2D eigenvalue weighted by molar-refractivity contribution is 9.10. The van der Waals surface area contributed by atoms with Gasteiger partial charge < -0.3 is 9.84 Å². The third-order valence-electron chi connectivity index (χ3n) is 2.39. The molecule has 0 bridgehead atoms. The molecule has 0 aliphatic carbocycles. The number of carboxylic acids is 1. The zero-order valence-corrected chi connectivity index (χ0v) is 11.1. The van der Waals surface area contributed by atoms with Crippen molar-refractivity contribution >= 4 is 21.9 Å². The summed E-state index contributed by atoms with van der Waals surface area (Å²) in [5.74, 6) is -0.305. The Morgan fingerprint density at radius 2 is 2.33 bits per heavy atom. The van der Waals surface area contributed by atoms with Crippen LogP contribution in [0.2, 0.25) is 0 Å². The first-order valence-electron chi connectivity index (χ1n) is 5.25. The van der Waals surface area contributed by atoms with Crippen LogP contribution >= 0.6 is 15.9 Å². The van der Waals surface area contributed by atoms with Crippen LogP contribution in [0.3, 0.4) is 0 Å². The van der Waals surface area contributed by atoms with Crippen molar-refractivity contribution in [3.63, 3.8) is 0 Å². The second-order valence-electron chi connectivity index (χ2n) is 3.58. The molecule has 0 fully saturated rings. The van der Waals surface area contributed by atoms with Gasteiger partial charge in [-0.05, 0) is 28.4 Å². The SMILES string of the molecule is C#CCOCCC(C(=O)O)c1cccc(Br)c1F. The molecule has 96 valence electrons. The van der Waals surface area contributed by atoms with Gasteiger partial charge in [-0.25, -0.2) is 4.39 Å². The molecule has 0 saturated heterocycles. The maximum absolute atomic E-state index is 13.8. The van der Waals surface area contributed by atoms with Gasteiger partial charge >= 0.3 is 5.97 Å². The van der Waals surface area contributed by atoms with Gasteiger partial charge in [0.05, 0.1) is 10.4 Å². The standard InChI is InChI=1S/C13H12BrFO3/c1-2-7-18-8-6-10(13(16)17)9-4-3-5-11(14)12(9)15/h1,3-5,10H,6-8H2,(H,16,17). The fourth-order valence-electron chi connectivity index (χ4n) is 1.53. The molecule has 1 rings (SSSR count). The van der Waals surface area contributed by atoms with Gasteiger partial charge in [0.15, 0.2) is 0 Å². The molecule has 18 heavy (non-hydrogen) atoms.